The second kappa shape index (κ2) is 31.3. The first-order valence-corrected chi connectivity index (χ1v) is 51.5. The van der Waals surface area contributed by atoms with E-state index in [0.717, 1.165) is 45.8 Å². The predicted molar refractivity (Wildman–Crippen MR) is 572 cm³/mol. The van der Waals surface area contributed by atoms with Crippen molar-refractivity contribution in [1.82, 2.24) is 32.0 Å². The van der Waals surface area contributed by atoms with Gasteiger partial charge in [-0.2, -0.15) is 0 Å². The van der Waals surface area contributed by atoms with Gasteiger partial charge in [0.2, 0.25) is 0 Å². The molecule has 19 heterocycles. The molecule has 17 nitrogen and oxygen atoms in total. The second-order valence-electron chi connectivity index (χ2n) is 45.8. The minimum absolute atomic E-state index is 0.0384. The molecule has 6 aromatic heterocycles. The van der Waals surface area contributed by atoms with Crippen LogP contribution in [0.25, 0.3) is 68.0 Å². The molecule has 0 radical (unpaired) electrons. The smallest absolute Gasteiger partial charge is 0.369 e. The number of nitrogens with zero attached hydrogens (tertiary/aromatic N) is 17. The van der Waals surface area contributed by atoms with Gasteiger partial charge in [0.1, 0.15) is 81.8 Å². The molecule has 29 rings (SSSR count). The number of imidazole rings is 5. The highest BCUT2D eigenvalue weighted by atomic mass is 15.4. The Morgan fingerprint density at radius 3 is 1.55 bits per heavy atom. The number of para-hydroxylation sites is 3. The number of hydrogen-bond acceptors (Lipinski definition) is 6. The third-order valence-corrected chi connectivity index (χ3v) is 34.4. The zero-order chi connectivity index (χ0) is 95.9. The zero-order valence-corrected chi connectivity index (χ0v) is 85.6. The Morgan fingerprint density at radius 2 is 0.928 bits per heavy atom. The van der Waals surface area contributed by atoms with Crippen LogP contribution < -0.4 is 62.9 Å². The lowest BCUT2D eigenvalue weighted by Gasteiger charge is -2.55. The van der Waals surface area contributed by atoms with Crippen LogP contribution in [0.1, 0.15) is 224 Å². The van der Waals surface area contributed by atoms with Gasteiger partial charge in [0.25, 0.3) is 29.1 Å². The first-order chi connectivity index (χ1) is 66.8. The largest absolute Gasteiger partial charge is 0.637 e. The highest BCUT2D eigenvalue weighted by molar-refractivity contribution is 6.79. The highest BCUT2D eigenvalue weighted by Crippen LogP contribution is 2.55. The number of benzene rings is 10. The summed E-state index contributed by atoms with van der Waals surface area (Å²) in [5.74, 6) is 8.34. The van der Waals surface area contributed by atoms with Crippen LogP contribution in [0.5, 0.6) is 0 Å². The molecule has 0 amide bonds. The van der Waals surface area contributed by atoms with Gasteiger partial charge < -0.3 is 28.5 Å². The topological polar surface area (TPSA) is 68.4 Å². The third-order valence-electron chi connectivity index (χ3n) is 34.4. The molecule has 1 fully saturated rings. The zero-order valence-electron chi connectivity index (χ0n) is 85.6. The van der Waals surface area contributed by atoms with Gasteiger partial charge >= 0.3 is 35.2 Å². The normalized spacial score (nSPS) is 17.1. The molecular formula is C117H131B5N17+5. The standard InChI is InChI=1S/C30H35BN3.C27H25BN3.C23H25BN3.C20H28BN4.C17H18BN4/c1-19(2)17-33-27-16-9-11-22-18-32-25-14-7-8-15-26(25)34(30(32)28(22)27)31(33)29-23(20(3)4)12-10-13-24(29)21(5)6;1-17-9-7-10-18(2)25(17)30-22-14-8-11-19-15-29-16-23-27(3,4)20-12-5-6-13-21(20)28(30)31(23)26(29)24(19)22;1-15-6-5-7-16(2)20(15)24-26-11-10-23(3,4)18-9-8-17-14-25-12-13-27(24)22(25)19(17)21(18)26;1-19(2)10-7-11-20(3,4)25(19)21-22(5)16-9-6-8-15-14-23-12-13-24(21)18(23)17(15)16;1-12-7-8-13(2)22(12)18-19(3)15-6-4-5-14-11-20-9-10-21(18)17(20)16(14)15/h7-16,19-21H,17-18H2,1-6H3;5-14,16H,15H2,1-4H3;5-9,12-13H,10-11,14H2,1-4H3;6,8-9,12-13H,7,10-11,14H2,1-5H3;4-10H,11H2,1-3H3/q5*+1. The van der Waals surface area contributed by atoms with Crippen molar-refractivity contribution in [2.24, 2.45) is 5.92 Å². The summed E-state index contributed by atoms with van der Waals surface area (Å²) in [5, 5.41) is 0. The van der Waals surface area contributed by atoms with Crippen LogP contribution in [0.3, 0.4) is 0 Å². The van der Waals surface area contributed by atoms with Crippen molar-refractivity contribution in [3.63, 3.8) is 0 Å². The van der Waals surface area contributed by atoms with Crippen molar-refractivity contribution in [2.45, 2.75) is 231 Å². The fourth-order valence-corrected chi connectivity index (χ4v) is 28.2. The van der Waals surface area contributed by atoms with E-state index >= 15 is 0 Å². The number of aromatic nitrogens is 11. The molecule has 0 atom stereocenters. The van der Waals surface area contributed by atoms with Crippen LogP contribution in [0.2, 0.25) is 0 Å². The van der Waals surface area contributed by atoms with Crippen molar-refractivity contribution in [1.29, 1.82) is 0 Å². The average molecular weight is 1830 g/mol. The summed E-state index contributed by atoms with van der Waals surface area (Å²) >= 11 is 0. The lowest BCUT2D eigenvalue weighted by Crippen LogP contribution is -2.80. The monoisotopic (exact) mass is 1830 g/mol. The van der Waals surface area contributed by atoms with E-state index in [1.807, 2.05) is 0 Å². The lowest BCUT2D eigenvalue weighted by atomic mass is 9.54. The van der Waals surface area contributed by atoms with E-state index in [0.29, 0.717) is 17.8 Å². The quantitative estimate of drug-likeness (QED) is 0.106. The van der Waals surface area contributed by atoms with Crippen molar-refractivity contribution in [2.75, 3.05) is 51.2 Å². The Morgan fingerprint density at radius 1 is 0.417 bits per heavy atom. The van der Waals surface area contributed by atoms with Gasteiger partial charge in [-0.05, 0) is 245 Å². The fraction of sp³-hybridized carbons (Fsp3) is 0.342. The summed E-state index contributed by atoms with van der Waals surface area (Å²) in [5.41, 5.74) is 45.5. The summed E-state index contributed by atoms with van der Waals surface area (Å²) < 4.78 is 27.4. The van der Waals surface area contributed by atoms with Crippen LogP contribution in [0.15, 0.2) is 244 Å². The molecule has 1 saturated heterocycles. The Hall–Kier alpha value is -12.9. The molecule has 0 spiro atoms. The number of piperidine rings is 1. The minimum Gasteiger partial charge on any atom is -0.369 e. The Labute approximate surface area is 823 Å². The van der Waals surface area contributed by atoms with Crippen molar-refractivity contribution in [3.05, 3.63) is 333 Å². The number of hydrogen-bond donors (Lipinski definition) is 0. The van der Waals surface area contributed by atoms with Gasteiger partial charge in [-0.25, -0.2) is 22.8 Å². The van der Waals surface area contributed by atoms with Crippen molar-refractivity contribution in [3.8, 4) is 56.9 Å². The summed E-state index contributed by atoms with van der Waals surface area (Å²) in [6.07, 6.45) is 21.0. The van der Waals surface area contributed by atoms with Gasteiger partial charge in [0.05, 0.1) is 33.2 Å². The van der Waals surface area contributed by atoms with Crippen LogP contribution >= 0.6 is 0 Å². The first-order valence-electron chi connectivity index (χ1n) is 51.5. The molecule has 16 aromatic rings. The van der Waals surface area contributed by atoms with Crippen molar-refractivity contribution >= 4 is 96.7 Å². The molecule has 694 valence electrons. The second-order valence-corrected chi connectivity index (χ2v) is 45.8. The Balaban J connectivity index is 0.0000000926. The molecule has 0 saturated carbocycles. The SMILES string of the molecule is CC(C)CN1B(c2c(C(C)C)cccc2C(C)C)[n+]2c3n(c4ccccc42)Cc2cccc1c2-3.CN1B(N2C(C)(C)CCCC2(C)C)[n+]2ccn3c2-c2c(cccc21)C3.Cc1ccc(C)n1B1N(C)c2cccc3c2-c2n(cc[n+]21)C3.Cc1cccc(C)c1B1N2CCC(C)(C)c3ccc4c(c32)-c2n(cc[n+]21)C4.Cc1cccc(C)c1N1B2c3ccccc3C(C)(C)c3c[n+]4c(n32)-c2c(cccc21)C4. The summed E-state index contributed by atoms with van der Waals surface area (Å²) in [7, 11) is 4.85. The predicted octanol–water partition coefficient (Wildman–Crippen LogP) is 18.7. The molecule has 139 heavy (non-hydrogen) atoms. The third kappa shape index (κ3) is 12.6. The first kappa shape index (κ1) is 87.6. The maximum atomic E-state index is 2.76. The number of rotatable bonds is 9. The number of anilines is 6. The van der Waals surface area contributed by atoms with Crippen LogP contribution in [0, 0.1) is 47.5 Å². The molecule has 10 aromatic carbocycles. The average Bonchev–Trinajstić information content (AvgIpc) is 1.54. The van der Waals surface area contributed by atoms with Crippen LogP contribution in [0.4, 0.5) is 34.1 Å². The van der Waals surface area contributed by atoms with E-state index < -0.39 is 0 Å². The van der Waals surface area contributed by atoms with Crippen molar-refractivity contribution < 1.29 is 22.5 Å². The van der Waals surface area contributed by atoms with E-state index in [1.165, 1.54) is 234 Å². The van der Waals surface area contributed by atoms with Gasteiger partial charge in [-0.3, -0.25) is 27.2 Å². The van der Waals surface area contributed by atoms with Crippen LogP contribution in [-0.4, -0.2) is 105 Å². The minimum atomic E-state index is -0.0384. The molecule has 22 heteroatoms. The molecular weight excluding hydrogens is 1700 g/mol. The maximum absolute atomic E-state index is 2.76. The lowest BCUT2D eigenvalue weighted by molar-refractivity contribution is -0.671. The van der Waals surface area contributed by atoms with E-state index in [1.54, 1.807) is 0 Å². The molecule has 0 bridgehead atoms. The van der Waals surface area contributed by atoms with Gasteiger partial charge in [-0.15, -0.1) is 0 Å². The van der Waals surface area contributed by atoms with Crippen LogP contribution in [-0.2, 0) is 43.6 Å². The summed E-state index contributed by atoms with van der Waals surface area (Å²) in [6.45, 7) is 54.3. The van der Waals surface area contributed by atoms with Gasteiger partial charge in [-0.1, -0.05) is 207 Å². The summed E-state index contributed by atoms with van der Waals surface area (Å²) in [6, 6.07) is 74.9. The molecule has 13 aliphatic rings. The maximum Gasteiger partial charge on any atom is 0.637 e. The molecule has 13 aliphatic heterocycles. The Kier molecular flexibility index (Phi) is 19.7. The van der Waals surface area contributed by atoms with E-state index in [-0.39, 0.29) is 57.1 Å². The Bertz CT molecular complexity index is 7750. The fourth-order valence-electron chi connectivity index (χ4n) is 28.2. The van der Waals surface area contributed by atoms with E-state index in [9.17, 15) is 0 Å². The molecule has 0 unspecified atom stereocenters. The van der Waals surface area contributed by atoms with Gasteiger partial charge in [0.15, 0.2) is 11.0 Å². The number of aryl methyl sites for hydroxylation is 6. The number of fused-ring (bicyclic) bond motifs is 5. The highest BCUT2D eigenvalue weighted by Gasteiger charge is 2.62. The molecule has 0 N–H and O–H groups in total. The summed E-state index contributed by atoms with van der Waals surface area (Å²) in [4.78, 5) is 15.7. The van der Waals surface area contributed by atoms with E-state index in [2.05, 4.69) is 475 Å². The van der Waals surface area contributed by atoms with Gasteiger partial charge in [0, 0.05) is 108 Å². The van der Waals surface area contributed by atoms with E-state index in [4.69, 9.17) is 0 Å². The molecule has 0 aliphatic carbocycles.